The number of rotatable bonds is 8. The first-order valence-electron chi connectivity index (χ1n) is 16.8. The molecule has 49 heavy (non-hydrogen) atoms. The van der Waals surface area contributed by atoms with Crippen LogP contribution >= 0.6 is 0 Å². The number of ketones is 2. The number of carbonyl (C=O) groups is 3. The number of amides is 1. The van der Waals surface area contributed by atoms with Crippen LogP contribution in [0.25, 0.3) is 11.0 Å². The number of hydrogen-bond donors (Lipinski definition) is 0. The first-order valence-corrected chi connectivity index (χ1v) is 16.8. The van der Waals surface area contributed by atoms with Crippen LogP contribution in [0.15, 0.2) is 41.2 Å². The molecule has 1 amide bonds. The molecular weight excluding hydrogens is 638 g/mol. The van der Waals surface area contributed by atoms with Crippen LogP contribution in [0.3, 0.4) is 0 Å². The Morgan fingerprint density at radius 2 is 1.71 bits per heavy atom. The van der Waals surface area contributed by atoms with Crippen molar-refractivity contribution in [2.75, 3.05) is 44.8 Å². The second-order valence-electron chi connectivity index (χ2n) is 14.4. The Labute approximate surface area is 283 Å². The van der Waals surface area contributed by atoms with Crippen LogP contribution in [0.5, 0.6) is 5.75 Å². The molecule has 3 aliphatic rings. The number of ether oxygens (including phenoxy) is 3. The summed E-state index contributed by atoms with van der Waals surface area (Å²) < 4.78 is 50.0. The Morgan fingerprint density at radius 3 is 2.37 bits per heavy atom. The highest BCUT2D eigenvalue weighted by molar-refractivity contribution is 6.07. The van der Waals surface area contributed by atoms with E-state index in [4.69, 9.17) is 14.2 Å². The van der Waals surface area contributed by atoms with E-state index >= 15 is 4.39 Å². The van der Waals surface area contributed by atoms with Gasteiger partial charge >= 0.3 is 11.8 Å². The number of nitrogens with zero attached hydrogens (tertiary/aromatic N) is 4. The monoisotopic (exact) mass is 682 g/mol. The number of benzene rings is 2. The zero-order chi connectivity index (χ0) is 35.2. The van der Waals surface area contributed by atoms with Gasteiger partial charge in [0.2, 0.25) is 0 Å². The number of hydrogen-bond acceptors (Lipinski definition) is 8. The van der Waals surface area contributed by atoms with Crippen molar-refractivity contribution in [1.82, 2.24) is 14.0 Å². The van der Waals surface area contributed by atoms with Crippen molar-refractivity contribution in [2.45, 2.75) is 70.4 Å². The minimum Gasteiger partial charge on any atom is -0.497 e. The summed E-state index contributed by atoms with van der Waals surface area (Å²) in [5.41, 5.74) is 0.351. The van der Waals surface area contributed by atoms with Gasteiger partial charge in [-0.1, -0.05) is 12.1 Å². The molecule has 1 saturated carbocycles. The molecule has 1 aliphatic carbocycles. The number of fused-ring (bicyclic) bond motifs is 1. The molecule has 264 valence electrons. The maximum absolute atomic E-state index is 16.1. The lowest BCUT2D eigenvalue weighted by Crippen LogP contribution is -2.52. The number of halogens is 2. The average molecular weight is 683 g/mol. The molecular formula is C36H44F2N4O7. The first-order chi connectivity index (χ1) is 23.3. The molecule has 3 aromatic rings. The summed E-state index contributed by atoms with van der Waals surface area (Å²) in [7, 11) is 3.04. The van der Waals surface area contributed by atoms with Gasteiger partial charge in [-0.2, -0.15) is 0 Å². The molecule has 11 nitrogen and oxygen atoms in total. The van der Waals surface area contributed by atoms with Crippen LogP contribution in [-0.2, 0) is 32.5 Å². The van der Waals surface area contributed by atoms with Crippen LogP contribution in [0.2, 0.25) is 0 Å². The second kappa shape index (κ2) is 13.6. The van der Waals surface area contributed by atoms with Gasteiger partial charge in [0.15, 0.2) is 11.6 Å². The third kappa shape index (κ3) is 6.95. The number of anilines is 1. The molecule has 3 fully saturated rings. The Kier molecular flexibility index (Phi) is 9.58. The molecule has 1 aromatic heterocycles. The van der Waals surface area contributed by atoms with Gasteiger partial charge in [0, 0.05) is 39.0 Å². The van der Waals surface area contributed by atoms with Crippen LogP contribution in [-0.4, -0.2) is 89.5 Å². The number of methoxy groups -OCH3 is 1. The number of aromatic nitrogens is 2. The van der Waals surface area contributed by atoms with E-state index in [1.807, 2.05) is 17.0 Å². The zero-order valence-electron chi connectivity index (χ0n) is 28.6. The quantitative estimate of drug-likeness (QED) is 0.317. The molecule has 0 radical (unpaired) electrons. The largest absolute Gasteiger partial charge is 0.497 e. The van der Waals surface area contributed by atoms with Gasteiger partial charge in [0.1, 0.15) is 28.8 Å². The standard InChI is InChI=1S/C36H44F2N4O7/c1-36(2,3)49-35(46)40-15-14-30(25(37)19-40)48-20-22-17-41(18-22)26-10-11-27-32(31(26)38)39(4)34(45)42(27)28-12-13-29(43)24(33(28)44)16-21-6-8-23(47-5)9-7-21/h6-11,22,24-25,28,30H,12-20H2,1-5H3/t24?,25-,28?,30+/m1/s1. The highest BCUT2D eigenvalue weighted by Crippen LogP contribution is 2.36. The Bertz CT molecular complexity index is 1790. The van der Waals surface area contributed by atoms with Crippen molar-refractivity contribution < 1.29 is 37.4 Å². The third-order valence-electron chi connectivity index (χ3n) is 9.78. The minimum atomic E-state index is -1.34. The summed E-state index contributed by atoms with van der Waals surface area (Å²) in [6.45, 7) is 6.82. The summed E-state index contributed by atoms with van der Waals surface area (Å²) in [5.74, 6) is -1.25. The SMILES string of the molecule is COc1ccc(CC2C(=O)CCC(n3c(=O)n(C)c4c(F)c(N5CC(CO[C@H]6CCN(C(=O)OC(C)(C)C)C[C@H]6F)C5)ccc43)C2=O)cc1. The van der Waals surface area contributed by atoms with Crippen molar-refractivity contribution in [3.05, 3.63) is 58.3 Å². The number of alkyl halides is 1. The minimum absolute atomic E-state index is 0.0552. The van der Waals surface area contributed by atoms with Crippen LogP contribution in [0.4, 0.5) is 19.3 Å². The number of likely N-dealkylation sites (tertiary alicyclic amines) is 1. The maximum Gasteiger partial charge on any atom is 0.410 e. The lowest BCUT2D eigenvalue weighted by atomic mass is 9.79. The fourth-order valence-corrected chi connectivity index (χ4v) is 7.11. The molecule has 2 saturated heterocycles. The van der Waals surface area contributed by atoms with E-state index in [1.54, 1.807) is 52.1 Å². The van der Waals surface area contributed by atoms with Crippen molar-refractivity contribution in [3.8, 4) is 5.75 Å². The van der Waals surface area contributed by atoms with Gasteiger partial charge in [0.25, 0.3) is 0 Å². The number of imidazole rings is 1. The third-order valence-corrected chi connectivity index (χ3v) is 9.78. The van der Waals surface area contributed by atoms with E-state index in [0.29, 0.717) is 49.6 Å². The van der Waals surface area contributed by atoms with Crippen LogP contribution < -0.4 is 15.3 Å². The summed E-state index contributed by atoms with van der Waals surface area (Å²) in [4.78, 5) is 55.7. The van der Waals surface area contributed by atoms with E-state index in [-0.39, 0.29) is 48.8 Å². The van der Waals surface area contributed by atoms with Gasteiger partial charge in [-0.15, -0.1) is 0 Å². The first kappa shape index (κ1) is 34.6. The lowest BCUT2D eigenvalue weighted by Gasteiger charge is -2.42. The number of carbonyl (C=O) groups excluding carboxylic acids is 3. The summed E-state index contributed by atoms with van der Waals surface area (Å²) in [6, 6.07) is 9.55. The molecule has 0 bridgehead atoms. The molecule has 3 heterocycles. The predicted octanol–water partition coefficient (Wildman–Crippen LogP) is 4.62. The van der Waals surface area contributed by atoms with Gasteiger partial charge in [-0.25, -0.2) is 18.4 Å². The molecule has 2 aliphatic heterocycles. The topological polar surface area (TPSA) is 112 Å². The highest BCUT2D eigenvalue weighted by atomic mass is 19.1. The van der Waals surface area contributed by atoms with Crippen molar-refractivity contribution >= 4 is 34.4 Å². The Hall–Kier alpha value is -4.26. The van der Waals surface area contributed by atoms with E-state index in [1.165, 1.54) is 21.1 Å². The van der Waals surface area contributed by atoms with E-state index in [0.717, 1.165) is 5.56 Å². The second-order valence-corrected chi connectivity index (χ2v) is 14.4. The van der Waals surface area contributed by atoms with Crippen molar-refractivity contribution in [3.63, 3.8) is 0 Å². The Balaban J connectivity index is 1.10. The van der Waals surface area contributed by atoms with Crippen LogP contribution in [0.1, 0.15) is 51.6 Å². The predicted molar refractivity (Wildman–Crippen MR) is 178 cm³/mol. The van der Waals surface area contributed by atoms with E-state index < -0.39 is 47.4 Å². The summed E-state index contributed by atoms with van der Waals surface area (Å²) in [5, 5.41) is 0. The number of piperidine rings is 1. The normalized spacial score (nSPS) is 23.6. The molecule has 2 unspecified atom stereocenters. The van der Waals surface area contributed by atoms with E-state index in [9.17, 15) is 23.6 Å². The van der Waals surface area contributed by atoms with Gasteiger partial charge in [-0.05, 0) is 69.9 Å². The number of aryl methyl sites for hydroxylation is 1. The smallest absolute Gasteiger partial charge is 0.410 e. The maximum atomic E-state index is 16.1. The summed E-state index contributed by atoms with van der Waals surface area (Å²) in [6.07, 6.45) is -1.63. The van der Waals surface area contributed by atoms with Gasteiger partial charge < -0.3 is 24.0 Å². The molecule has 4 atom stereocenters. The lowest BCUT2D eigenvalue weighted by molar-refractivity contribution is -0.138. The fraction of sp³-hybridized carbons (Fsp3) is 0.556. The van der Waals surface area contributed by atoms with Gasteiger partial charge in [0.05, 0.1) is 49.5 Å². The molecule has 13 heteroatoms. The number of Topliss-reactive ketones (excluding diaryl/α,β-unsaturated/α-hetero) is 2. The van der Waals surface area contributed by atoms with Crippen molar-refractivity contribution in [1.29, 1.82) is 0 Å². The highest BCUT2D eigenvalue weighted by Gasteiger charge is 2.41. The van der Waals surface area contributed by atoms with Crippen molar-refractivity contribution in [2.24, 2.45) is 18.9 Å². The zero-order valence-corrected chi connectivity index (χ0v) is 28.6. The molecule has 6 rings (SSSR count). The molecule has 0 spiro atoms. The molecule has 0 N–H and O–H groups in total. The fourth-order valence-electron chi connectivity index (χ4n) is 7.11. The Morgan fingerprint density at radius 1 is 1.00 bits per heavy atom. The van der Waals surface area contributed by atoms with Crippen LogP contribution in [0, 0.1) is 17.7 Å². The molecule has 2 aromatic carbocycles. The summed E-state index contributed by atoms with van der Waals surface area (Å²) >= 11 is 0. The van der Waals surface area contributed by atoms with E-state index in [2.05, 4.69) is 0 Å². The van der Waals surface area contributed by atoms with Gasteiger partial charge in [-0.3, -0.25) is 18.7 Å². The average Bonchev–Trinajstić information content (AvgIpc) is 3.29.